The zero-order valence-electron chi connectivity index (χ0n) is 9.46. The van der Waals surface area contributed by atoms with E-state index in [0.29, 0.717) is 6.04 Å². The van der Waals surface area contributed by atoms with Gasteiger partial charge in [-0.05, 0) is 50.2 Å². The Bertz CT molecular complexity index is 144. The van der Waals surface area contributed by atoms with Gasteiger partial charge in [0, 0.05) is 12.1 Å². The van der Waals surface area contributed by atoms with Gasteiger partial charge in [0.15, 0.2) is 0 Å². The maximum atomic E-state index is 5.87. The van der Waals surface area contributed by atoms with Crippen LogP contribution in [0, 0.1) is 5.92 Å². The second-order valence-electron chi connectivity index (χ2n) is 4.58. The van der Waals surface area contributed by atoms with Gasteiger partial charge >= 0.3 is 0 Å². The third-order valence-corrected chi connectivity index (χ3v) is 3.88. The van der Waals surface area contributed by atoms with E-state index in [-0.39, 0.29) is 0 Å². The number of rotatable bonds is 5. The van der Waals surface area contributed by atoms with Crippen molar-refractivity contribution in [1.82, 2.24) is 5.32 Å². The highest BCUT2D eigenvalue weighted by atomic mass is 32.2. The van der Waals surface area contributed by atoms with Crippen molar-refractivity contribution in [3.8, 4) is 0 Å². The van der Waals surface area contributed by atoms with Gasteiger partial charge in [0.05, 0.1) is 0 Å². The third-order valence-electron chi connectivity index (χ3n) is 2.98. The van der Waals surface area contributed by atoms with Crippen LogP contribution in [0.4, 0.5) is 0 Å². The Balaban J connectivity index is 2.06. The average molecular weight is 216 g/mol. The van der Waals surface area contributed by atoms with E-state index in [2.05, 4.69) is 18.5 Å². The summed E-state index contributed by atoms with van der Waals surface area (Å²) in [6.07, 6.45) is 7.12. The quantitative estimate of drug-likeness (QED) is 0.736. The number of hydrogen-bond acceptors (Lipinski definition) is 3. The molecule has 0 bridgehead atoms. The SMILES string of the molecule is CSCC(C)CNC1CCC(N)CC1. The molecule has 2 nitrogen and oxygen atoms in total. The number of nitrogens with two attached hydrogens (primary N) is 1. The van der Waals surface area contributed by atoms with Crippen molar-refractivity contribution in [3.63, 3.8) is 0 Å². The van der Waals surface area contributed by atoms with E-state index in [1.54, 1.807) is 0 Å². The number of thioether (sulfide) groups is 1. The van der Waals surface area contributed by atoms with E-state index in [1.807, 2.05) is 11.8 Å². The fourth-order valence-corrected chi connectivity index (χ4v) is 2.72. The van der Waals surface area contributed by atoms with Gasteiger partial charge in [-0.2, -0.15) is 11.8 Å². The first-order chi connectivity index (χ1) is 6.72. The van der Waals surface area contributed by atoms with Crippen LogP contribution in [0.3, 0.4) is 0 Å². The smallest absolute Gasteiger partial charge is 0.00683 e. The summed E-state index contributed by atoms with van der Waals surface area (Å²) in [4.78, 5) is 0. The summed E-state index contributed by atoms with van der Waals surface area (Å²) in [6.45, 7) is 3.48. The molecule has 0 heterocycles. The van der Waals surface area contributed by atoms with Gasteiger partial charge in [0.1, 0.15) is 0 Å². The highest BCUT2D eigenvalue weighted by Crippen LogP contribution is 2.17. The van der Waals surface area contributed by atoms with Gasteiger partial charge in [0.25, 0.3) is 0 Å². The molecule has 0 aliphatic heterocycles. The molecule has 0 spiro atoms. The minimum Gasteiger partial charge on any atom is -0.328 e. The number of nitrogens with one attached hydrogen (secondary N) is 1. The van der Waals surface area contributed by atoms with Gasteiger partial charge in [0.2, 0.25) is 0 Å². The van der Waals surface area contributed by atoms with E-state index in [4.69, 9.17) is 5.73 Å². The van der Waals surface area contributed by atoms with Gasteiger partial charge in [-0.3, -0.25) is 0 Å². The lowest BCUT2D eigenvalue weighted by Crippen LogP contribution is -2.39. The standard InChI is InChI=1S/C11H24N2S/c1-9(8-14-2)7-13-11-5-3-10(12)4-6-11/h9-11,13H,3-8,12H2,1-2H3. The molecule has 0 amide bonds. The summed E-state index contributed by atoms with van der Waals surface area (Å²) >= 11 is 1.94. The molecular formula is C11H24N2S. The summed E-state index contributed by atoms with van der Waals surface area (Å²) in [7, 11) is 0. The van der Waals surface area contributed by atoms with Crippen LogP contribution in [0.25, 0.3) is 0 Å². The lowest BCUT2D eigenvalue weighted by atomic mass is 9.91. The molecule has 0 aromatic rings. The highest BCUT2D eigenvalue weighted by molar-refractivity contribution is 7.98. The Kier molecular flexibility index (Phi) is 5.90. The molecule has 1 aliphatic carbocycles. The third kappa shape index (κ3) is 4.67. The topological polar surface area (TPSA) is 38.0 Å². The van der Waals surface area contributed by atoms with Gasteiger partial charge < -0.3 is 11.1 Å². The normalized spacial score (nSPS) is 30.2. The fraction of sp³-hybridized carbons (Fsp3) is 1.00. The molecule has 3 heteroatoms. The van der Waals surface area contributed by atoms with E-state index in [1.165, 1.54) is 38.0 Å². The first-order valence-corrected chi connectivity index (χ1v) is 7.09. The molecule has 1 rings (SSSR count). The van der Waals surface area contributed by atoms with Crippen LogP contribution in [0.1, 0.15) is 32.6 Å². The Morgan fingerprint density at radius 2 is 2.00 bits per heavy atom. The van der Waals surface area contributed by atoms with Crippen LogP contribution < -0.4 is 11.1 Å². The van der Waals surface area contributed by atoms with E-state index in [0.717, 1.165) is 12.0 Å². The van der Waals surface area contributed by atoms with E-state index in [9.17, 15) is 0 Å². The van der Waals surface area contributed by atoms with Crippen molar-refractivity contribution < 1.29 is 0 Å². The summed E-state index contributed by atoms with van der Waals surface area (Å²) in [5, 5.41) is 3.66. The van der Waals surface area contributed by atoms with Crippen molar-refractivity contribution in [2.24, 2.45) is 11.7 Å². The molecule has 3 N–H and O–H groups in total. The minimum atomic E-state index is 0.469. The Labute approximate surface area is 92.4 Å². The lowest BCUT2D eigenvalue weighted by molar-refractivity contribution is 0.333. The summed E-state index contributed by atoms with van der Waals surface area (Å²) in [5.74, 6) is 2.06. The maximum absolute atomic E-state index is 5.87. The van der Waals surface area contributed by atoms with Crippen LogP contribution in [-0.4, -0.2) is 30.6 Å². The zero-order valence-corrected chi connectivity index (χ0v) is 10.3. The Morgan fingerprint density at radius 1 is 1.36 bits per heavy atom. The molecule has 0 saturated heterocycles. The van der Waals surface area contributed by atoms with Crippen LogP contribution in [0.2, 0.25) is 0 Å². The minimum absolute atomic E-state index is 0.469. The van der Waals surface area contributed by atoms with Crippen LogP contribution in [-0.2, 0) is 0 Å². The van der Waals surface area contributed by atoms with Crippen LogP contribution in [0.15, 0.2) is 0 Å². The summed E-state index contributed by atoms with van der Waals surface area (Å²) in [6, 6.07) is 1.20. The lowest BCUT2D eigenvalue weighted by Gasteiger charge is -2.27. The van der Waals surface area contributed by atoms with Crippen molar-refractivity contribution in [1.29, 1.82) is 0 Å². The molecule has 0 aromatic carbocycles. The van der Waals surface area contributed by atoms with Gasteiger partial charge in [-0.15, -0.1) is 0 Å². The molecule has 0 radical (unpaired) electrons. The van der Waals surface area contributed by atoms with Crippen LogP contribution >= 0.6 is 11.8 Å². The average Bonchev–Trinajstić information content (AvgIpc) is 2.17. The molecule has 84 valence electrons. The molecule has 1 aliphatic rings. The van der Waals surface area contributed by atoms with E-state index >= 15 is 0 Å². The Hall–Kier alpha value is 0.270. The molecular weight excluding hydrogens is 192 g/mol. The van der Waals surface area contributed by atoms with Crippen molar-refractivity contribution in [2.45, 2.75) is 44.7 Å². The second kappa shape index (κ2) is 6.70. The summed E-state index contributed by atoms with van der Waals surface area (Å²) in [5.41, 5.74) is 5.87. The van der Waals surface area contributed by atoms with Gasteiger partial charge in [-0.1, -0.05) is 6.92 Å². The molecule has 0 aromatic heterocycles. The molecule has 14 heavy (non-hydrogen) atoms. The maximum Gasteiger partial charge on any atom is 0.00683 e. The molecule has 1 atom stereocenters. The zero-order chi connectivity index (χ0) is 10.4. The fourth-order valence-electron chi connectivity index (χ4n) is 2.03. The molecule has 1 saturated carbocycles. The largest absolute Gasteiger partial charge is 0.328 e. The second-order valence-corrected chi connectivity index (χ2v) is 5.49. The first-order valence-electron chi connectivity index (χ1n) is 5.70. The predicted molar refractivity (Wildman–Crippen MR) is 65.8 cm³/mol. The molecule has 1 fully saturated rings. The first kappa shape index (κ1) is 12.3. The van der Waals surface area contributed by atoms with Crippen molar-refractivity contribution in [2.75, 3.05) is 18.6 Å². The van der Waals surface area contributed by atoms with Crippen molar-refractivity contribution >= 4 is 11.8 Å². The molecule has 1 unspecified atom stereocenters. The highest BCUT2D eigenvalue weighted by Gasteiger charge is 2.18. The van der Waals surface area contributed by atoms with E-state index < -0.39 is 0 Å². The summed E-state index contributed by atoms with van der Waals surface area (Å²) < 4.78 is 0. The monoisotopic (exact) mass is 216 g/mol. The van der Waals surface area contributed by atoms with Gasteiger partial charge in [-0.25, -0.2) is 0 Å². The number of hydrogen-bond donors (Lipinski definition) is 2. The predicted octanol–water partition coefficient (Wildman–Crippen LogP) is 1.84. The van der Waals surface area contributed by atoms with Crippen LogP contribution in [0.5, 0.6) is 0 Å². The van der Waals surface area contributed by atoms with Crippen molar-refractivity contribution in [3.05, 3.63) is 0 Å². The Morgan fingerprint density at radius 3 is 2.57 bits per heavy atom.